The monoisotopic (exact) mass is 256 g/mol. The average molecular weight is 256 g/mol. The highest BCUT2D eigenvalue weighted by Gasteiger charge is 2.18. The first kappa shape index (κ1) is 13.9. The van der Waals surface area contributed by atoms with Gasteiger partial charge in [0.05, 0.1) is 7.11 Å². The van der Waals surface area contributed by atoms with Crippen LogP contribution in [0.3, 0.4) is 0 Å². The van der Waals surface area contributed by atoms with Gasteiger partial charge in [-0.25, -0.2) is 4.98 Å². The lowest BCUT2D eigenvalue weighted by Crippen LogP contribution is -2.34. The maximum atomic E-state index is 5.98. The van der Waals surface area contributed by atoms with Gasteiger partial charge in [-0.05, 0) is 12.7 Å². The van der Waals surface area contributed by atoms with Crippen LogP contribution in [-0.4, -0.2) is 42.2 Å². The van der Waals surface area contributed by atoms with Crippen molar-refractivity contribution in [3.63, 3.8) is 0 Å². The minimum atomic E-state index is 0.409. The molecule has 0 saturated heterocycles. The number of ether oxygens (including phenoxy) is 1. The summed E-state index contributed by atoms with van der Waals surface area (Å²) in [4.78, 5) is 10.3. The van der Waals surface area contributed by atoms with Crippen LogP contribution < -0.4 is 15.4 Å². The van der Waals surface area contributed by atoms with Crippen molar-refractivity contribution in [2.75, 3.05) is 36.8 Å². The van der Waals surface area contributed by atoms with Crippen molar-refractivity contribution in [1.82, 2.24) is 9.97 Å². The molecule has 6 heteroatoms. The summed E-state index contributed by atoms with van der Waals surface area (Å²) in [6, 6.07) is 0.409. The van der Waals surface area contributed by atoms with Gasteiger partial charge < -0.3 is 15.4 Å². The first-order valence-corrected chi connectivity index (χ1v) is 6.91. The highest BCUT2D eigenvalue weighted by molar-refractivity contribution is 7.98. The number of hydrogen-bond donors (Lipinski definition) is 1. The van der Waals surface area contributed by atoms with E-state index in [1.807, 2.05) is 18.8 Å². The molecule has 1 heterocycles. The molecular formula is C11H20N4OS. The number of rotatable bonds is 6. The Balaban J connectivity index is 2.98. The fraction of sp³-hybridized carbons (Fsp3) is 0.636. The molecule has 5 nitrogen and oxygen atoms in total. The van der Waals surface area contributed by atoms with Gasteiger partial charge in [0, 0.05) is 18.8 Å². The maximum absolute atomic E-state index is 5.98. The number of nitrogen functional groups attached to an aromatic ring is 1. The largest absolute Gasteiger partial charge is 0.479 e. The van der Waals surface area contributed by atoms with Gasteiger partial charge in [-0.15, -0.1) is 0 Å². The minimum absolute atomic E-state index is 0.409. The SMILES string of the molecule is CCC(CSC)N(C)c1ncnc(OC)c1N. The van der Waals surface area contributed by atoms with E-state index >= 15 is 0 Å². The summed E-state index contributed by atoms with van der Waals surface area (Å²) >= 11 is 1.82. The van der Waals surface area contributed by atoms with Gasteiger partial charge in [-0.3, -0.25) is 0 Å². The molecule has 1 unspecified atom stereocenters. The number of anilines is 2. The standard InChI is InChI=1S/C11H20N4OS/c1-5-8(6-17-4)15(2)10-9(12)11(16-3)14-7-13-10/h7-8H,5-6,12H2,1-4H3. The molecule has 0 amide bonds. The van der Waals surface area contributed by atoms with Crippen LogP contribution in [0.5, 0.6) is 5.88 Å². The molecule has 17 heavy (non-hydrogen) atoms. The van der Waals surface area contributed by atoms with Crippen LogP contribution in [0.4, 0.5) is 11.5 Å². The smallest absolute Gasteiger partial charge is 0.242 e. The number of thioether (sulfide) groups is 1. The molecule has 0 bridgehead atoms. The van der Waals surface area contributed by atoms with Crippen LogP contribution in [-0.2, 0) is 0 Å². The Morgan fingerprint density at radius 1 is 1.53 bits per heavy atom. The van der Waals surface area contributed by atoms with Gasteiger partial charge in [0.25, 0.3) is 0 Å². The van der Waals surface area contributed by atoms with Crippen LogP contribution in [0.25, 0.3) is 0 Å². The second-order valence-corrected chi connectivity index (χ2v) is 4.66. The molecule has 0 saturated carbocycles. The fourth-order valence-corrected chi connectivity index (χ4v) is 2.53. The van der Waals surface area contributed by atoms with E-state index in [9.17, 15) is 0 Å². The zero-order valence-corrected chi connectivity index (χ0v) is 11.6. The van der Waals surface area contributed by atoms with E-state index in [-0.39, 0.29) is 0 Å². The van der Waals surface area contributed by atoms with Crippen LogP contribution in [0, 0.1) is 0 Å². The Morgan fingerprint density at radius 2 is 2.24 bits per heavy atom. The van der Waals surface area contributed by atoms with Gasteiger partial charge in [0.15, 0.2) is 5.82 Å². The normalized spacial score (nSPS) is 12.2. The number of nitrogens with zero attached hydrogens (tertiary/aromatic N) is 3. The van der Waals surface area contributed by atoms with E-state index in [4.69, 9.17) is 10.5 Å². The summed E-state index contributed by atoms with van der Waals surface area (Å²) in [5.41, 5.74) is 6.48. The fourth-order valence-electron chi connectivity index (χ4n) is 1.68. The lowest BCUT2D eigenvalue weighted by molar-refractivity contribution is 0.399. The van der Waals surface area contributed by atoms with Crippen LogP contribution >= 0.6 is 11.8 Å². The molecule has 0 aliphatic rings. The van der Waals surface area contributed by atoms with Gasteiger partial charge >= 0.3 is 0 Å². The van der Waals surface area contributed by atoms with Gasteiger partial charge in [0.2, 0.25) is 5.88 Å². The Hall–Kier alpha value is -1.17. The van der Waals surface area contributed by atoms with Gasteiger partial charge in [-0.1, -0.05) is 6.92 Å². The van der Waals surface area contributed by atoms with Crippen molar-refractivity contribution in [2.24, 2.45) is 0 Å². The molecular weight excluding hydrogens is 236 g/mol. The van der Waals surface area contributed by atoms with E-state index in [2.05, 4.69) is 28.0 Å². The van der Waals surface area contributed by atoms with Crippen LogP contribution in [0.1, 0.15) is 13.3 Å². The molecule has 1 rings (SSSR count). The molecule has 0 aromatic carbocycles. The quantitative estimate of drug-likeness (QED) is 0.835. The van der Waals surface area contributed by atoms with Gasteiger partial charge in [-0.2, -0.15) is 16.7 Å². The summed E-state index contributed by atoms with van der Waals surface area (Å²) in [6.07, 6.45) is 4.62. The molecule has 1 aromatic heterocycles. The van der Waals surface area contributed by atoms with Crippen LogP contribution in [0.2, 0.25) is 0 Å². The third-order valence-corrected chi connectivity index (χ3v) is 3.45. The molecule has 0 fully saturated rings. The Labute approximate surface area is 107 Å². The molecule has 0 aliphatic heterocycles. The number of aromatic nitrogens is 2. The molecule has 0 aliphatic carbocycles. The van der Waals surface area contributed by atoms with E-state index in [1.165, 1.54) is 6.33 Å². The summed E-state index contributed by atoms with van der Waals surface area (Å²) in [5.74, 6) is 2.21. The molecule has 0 radical (unpaired) electrons. The number of nitrogens with two attached hydrogens (primary N) is 1. The van der Waals surface area contributed by atoms with E-state index in [0.717, 1.165) is 18.0 Å². The zero-order valence-electron chi connectivity index (χ0n) is 10.8. The molecule has 1 aromatic rings. The van der Waals surface area contributed by atoms with Crippen molar-refractivity contribution in [3.05, 3.63) is 6.33 Å². The highest BCUT2D eigenvalue weighted by atomic mass is 32.2. The third-order valence-electron chi connectivity index (χ3n) is 2.73. The van der Waals surface area contributed by atoms with Crippen molar-refractivity contribution >= 4 is 23.3 Å². The van der Waals surface area contributed by atoms with Crippen molar-refractivity contribution in [2.45, 2.75) is 19.4 Å². The lowest BCUT2D eigenvalue weighted by atomic mass is 10.2. The van der Waals surface area contributed by atoms with Crippen molar-refractivity contribution < 1.29 is 4.74 Å². The first-order valence-electron chi connectivity index (χ1n) is 5.51. The van der Waals surface area contributed by atoms with E-state index < -0.39 is 0 Å². The molecule has 2 N–H and O–H groups in total. The Morgan fingerprint density at radius 3 is 2.76 bits per heavy atom. The molecule has 96 valence electrons. The predicted molar refractivity (Wildman–Crippen MR) is 73.9 cm³/mol. The maximum Gasteiger partial charge on any atom is 0.242 e. The number of methoxy groups -OCH3 is 1. The Kier molecular flexibility index (Phi) is 5.34. The number of hydrogen-bond acceptors (Lipinski definition) is 6. The van der Waals surface area contributed by atoms with Gasteiger partial charge in [0.1, 0.15) is 12.0 Å². The zero-order chi connectivity index (χ0) is 12.8. The summed E-state index contributed by atoms with van der Waals surface area (Å²) < 4.78 is 5.10. The van der Waals surface area contributed by atoms with Crippen molar-refractivity contribution in [3.8, 4) is 5.88 Å². The van der Waals surface area contributed by atoms with E-state index in [0.29, 0.717) is 17.6 Å². The van der Waals surface area contributed by atoms with Crippen LogP contribution in [0.15, 0.2) is 6.33 Å². The predicted octanol–water partition coefficient (Wildman–Crippen LogP) is 1.65. The molecule has 0 spiro atoms. The van der Waals surface area contributed by atoms with E-state index in [1.54, 1.807) is 7.11 Å². The Bertz CT molecular complexity index is 361. The minimum Gasteiger partial charge on any atom is -0.479 e. The topological polar surface area (TPSA) is 64.3 Å². The molecule has 1 atom stereocenters. The third kappa shape index (κ3) is 3.15. The summed E-state index contributed by atoms with van der Waals surface area (Å²) in [5, 5.41) is 0. The van der Waals surface area contributed by atoms with Crippen molar-refractivity contribution in [1.29, 1.82) is 0 Å². The second kappa shape index (κ2) is 6.54. The lowest BCUT2D eigenvalue weighted by Gasteiger charge is -2.28. The average Bonchev–Trinajstić information content (AvgIpc) is 2.35. The summed E-state index contributed by atoms with van der Waals surface area (Å²) in [6.45, 7) is 2.16. The highest BCUT2D eigenvalue weighted by Crippen LogP contribution is 2.28. The summed E-state index contributed by atoms with van der Waals surface area (Å²) in [7, 11) is 3.56. The second-order valence-electron chi connectivity index (χ2n) is 3.75. The first-order chi connectivity index (χ1) is 8.15.